The summed E-state index contributed by atoms with van der Waals surface area (Å²) in [5.74, 6) is 0.0282. The smallest absolute Gasteiger partial charge is 0.265 e. The van der Waals surface area contributed by atoms with Gasteiger partial charge in [-0.25, -0.2) is 0 Å². The van der Waals surface area contributed by atoms with Crippen molar-refractivity contribution in [3.63, 3.8) is 0 Å². The number of hydrogen-bond donors (Lipinski definition) is 2. The molecule has 6 heteroatoms. The number of aromatic nitrogens is 2. The molecule has 1 saturated carbocycles. The number of aliphatic hydroxyl groups excluding tert-OH is 1. The molecule has 1 aromatic heterocycles. The third-order valence-corrected chi connectivity index (χ3v) is 4.05. The summed E-state index contributed by atoms with van der Waals surface area (Å²) in [6.45, 7) is 3.98. The molecule has 2 rings (SSSR count). The quantitative estimate of drug-likeness (QED) is 0.875. The lowest BCUT2D eigenvalue weighted by molar-refractivity contribution is 0.0719. The Bertz CT molecular complexity index is 419. The molecule has 0 unspecified atom stereocenters. The van der Waals surface area contributed by atoms with Crippen molar-refractivity contribution in [1.29, 1.82) is 0 Å². The van der Waals surface area contributed by atoms with Gasteiger partial charge in [-0.2, -0.15) is 0 Å². The van der Waals surface area contributed by atoms with Gasteiger partial charge in [-0.05, 0) is 30.3 Å². The molecule has 2 N–H and O–H groups in total. The van der Waals surface area contributed by atoms with Crippen molar-refractivity contribution in [3.8, 4) is 0 Å². The van der Waals surface area contributed by atoms with Gasteiger partial charge in [0.2, 0.25) is 0 Å². The van der Waals surface area contributed by atoms with E-state index in [0.29, 0.717) is 4.88 Å². The first-order valence-corrected chi connectivity index (χ1v) is 7.18. The molecule has 0 radical (unpaired) electrons. The predicted octanol–water partition coefficient (Wildman–Crippen LogP) is 1.69. The predicted molar refractivity (Wildman–Crippen MR) is 69.7 cm³/mol. The Morgan fingerprint density at radius 2 is 2.17 bits per heavy atom. The van der Waals surface area contributed by atoms with Crippen molar-refractivity contribution in [2.45, 2.75) is 57.6 Å². The Morgan fingerprint density at radius 3 is 2.83 bits per heavy atom. The molecular weight excluding hydrogens is 250 g/mol. The van der Waals surface area contributed by atoms with Crippen molar-refractivity contribution in [1.82, 2.24) is 14.9 Å². The second kappa shape index (κ2) is 5.75. The monoisotopic (exact) mass is 269 g/mol. The Kier molecular flexibility index (Phi) is 4.29. The van der Waals surface area contributed by atoms with Gasteiger partial charge >= 0.3 is 0 Å². The minimum absolute atomic E-state index is 0.131. The zero-order valence-corrected chi connectivity index (χ0v) is 11.5. The van der Waals surface area contributed by atoms with Crippen LogP contribution < -0.4 is 5.32 Å². The molecule has 0 bridgehead atoms. The van der Waals surface area contributed by atoms with E-state index in [1.165, 1.54) is 0 Å². The van der Waals surface area contributed by atoms with Gasteiger partial charge < -0.3 is 10.4 Å². The van der Waals surface area contributed by atoms with Crippen molar-refractivity contribution in [3.05, 3.63) is 10.6 Å². The van der Waals surface area contributed by atoms with Crippen LogP contribution in [0.2, 0.25) is 0 Å². The highest BCUT2D eigenvalue weighted by molar-refractivity contribution is 7.08. The number of nitrogens with one attached hydrogen (secondary N) is 1. The van der Waals surface area contributed by atoms with E-state index in [1.807, 2.05) is 13.8 Å². The third-order valence-electron chi connectivity index (χ3n) is 3.31. The van der Waals surface area contributed by atoms with E-state index in [2.05, 4.69) is 14.9 Å². The highest BCUT2D eigenvalue weighted by Gasteiger charge is 2.27. The van der Waals surface area contributed by atoms with Gasteiger partial charge in [-0.15, -0.1) is 5.10 Å². The lowest BCUT2D eigenvalue weighted by Crippen LogP contribution is -2.45. The second-order valence-electron chi connectivity index (χ2n) is 5.07. The normalized spacial score (nSPS) is 24.2. The van der Waals surface area contributed by atoms with Crippen LogP contribution >= 0.6 is 11.5 Å². The summed E-state index contributed by atoms with van der Waals surface area (Å²) >= 11 is 1.12. The molecule has 0 spiro atoms. The van der Waals surface area contributed by atoms with Gasteiger partial charge in [0.15, 0.2) is 0 Å². The van der Waals surface area contributed by atoms with E-state index in [4.69, 9.17) is 0 Å². The van der Waals surface area contributed by atoms with Crippen LogP contribution in [0.4, 0.5) is 0 Å². The number of nitrogens with zero attached hydrogens (tertiary/aromatic N) is 2. The van der Waals surface area contributed by atoms with Gasteiger partial charge in [0.25, 0.3) is 5.91 Å². The molecule has 1 fully saturated rings. The van der Waals surface area contributed by atoms with E-state index < -0.39 is 6.10 Å². The highest BCUT2D eigenvalue weighted by atomic mass is 32.1. The molecule has 5 nitrogen and oxygen atoms in total. The summed E-state index contributed by atoms with van der Waals surface area (Å²) in [6.07, 6.45) is 3.28. The molecule has 1 aliphatic carbocycles. The van der Waals surface area contributed by atoms with Crippen LogP contribution in [0.5, 0.6) is 0 Å². The summed E-state index contributed by atoms with van der Waals surface area (Å²) in [5.41, 5.74) is 0.739. The third kappa shape index (κ3) is 2.87. The van der Waals surface area contributed by atoms with Crippen LogP contribution in [0.15, 0.2) is 0 Å². The Morgan fingerprint density at radius 1 is 1.44 bits per heavy atom. The summed E-state index contributed by atoms with van der Waals surface area (Å²) in [6, 6.07) is -0.131. The van der Waals surface area contributed by atoms with Crippen LogP contribution in [0, 0.1) is 0 Å². The van der Waals surface area contributed by atoms with Gasteiger partial charge in [0.1, 0.15) is 4.88 Å². The standard InChI is InChI=1S/C12H19N3O2S/c1-7(2)10-11(18-15-14-10)12(17)13-8-5-3-4-6-9(8)16/h7-9,16H,3-6H2,1-2H3,(H,13,17)/t8-,9-/m0/s1. The van der Waals surface area contributed by atoms with Gasteiger partial charge in [-0.1, -0.05) is 31.2 Å². The maximum Gasteiger partial charge on any atom is 0.265 e. The van der Waals surface area contributed by atoms with E-state index in [9.17, 15) is 9.90 Å². The fourth-order valence-corrected chi connectivity index (χ4v) is 2.97. The Balaban J connectivity index is 2.05. The zero-order valence-electron chi connectivity index (χ0n) is 10.7. The average molecular weight is 269 g/mol. The number of hydrogen-bond acceptors (Lipinski definition) is 5. The molecule has 1 aromatic rings. The van der Waals surface area contributed by atoms with Crippen molar-refractivity contribution < 1.29 is 9.90 Å². The topological polar surface area (TPSA) is 75.1 Å². The van der Waals surface area contributed by atoms with Crippen LogP contribution in [0.25, 0.3) is 0 Å². The number of carbonyl (C=O) groups is 1. The molecule has 2 atom stereocenters. The zero-order chi connectivity index (χ0) is 13.1. The first kappa shape index (κ1) is 13.4. The van der Waals surface area contributed by atoms with E-state index in [0.717, 1.165) is 42.9 Å². The SMILES string of the molecule is CC(C)c1nnsc1C(=O)N[C@H]1CCCC[C@@H]1O. The minimum Gasteiger partial charge on any atom is -0.391 e. The van der Waals surface area contributed by atoms with E-state index >= 15 is 0 Å². The fraction of sp³-hybridized carbons (Fsp3) is 0.750. The van der Waals surface area contributed by atoms with Gasteiger partial charge in [-0.3, -0.25) is 4.79 Å². The first-order valence-electron chi connectivity index (χ1n) is 6.40. The molecule has 1 heterocycles. The van der Waals surface area contributed by atoms with E-state index in [-0.39, 0.29) is 17.9 Å². The van der Waals surface area contributed by atoms with Crippen molar-refractivity contribution in [2.24, 2.45) is 0 Å². The van der Waals surface area contributed by atoms with Crippen LogP contribution in [0.3, 0.4) is 0 Å². The Labute approximate surface area is 111 Å². The summed E-state index contributed by atoms with van der Waals surface area (Å²) < 4.78 is 3.84. The average Bonchev–Trinajstić information content (AvgIpc) is 2.81. The van der Waals surface area contributed by atoms with E-state index in [1.54, 1.807) is 0 Å². The van der Waals surface area contributed by atoms with Crippen molar-refractivity contribution in [2.75, 3.05) is 0 Å². The Hall–Kier alpha value is -1.01. The minimum atomic E-state index is -0.425. The molecule has 0 aromatic carbocycles. The number of amides is 1. The molecule has 1 aliphatic rings. The maximum absolute atomic E-state index is 12.2. The molecule has 18 heavy (non-hydrogen) atoms. The largest absolute Gasteiger partial charge is 0.391 e. The molecule has 0 saturated heterocycles. The molecule has 1 amide bonds. The first-order chi connectivity index (χ1) is 8.59. The molecule has 0 aliphatic heterocycles. The van der Waals surface area contributed by atoms with Crippen LogP contribution in [0.1, 0.15) is 60.8 Å². The van der Waals surface area contributed by atoms with Gasteiger partial charge in [0, 0.05) is 0 Å². The lowest BCUT2D eigenvalue weighted by atomic mass is 9.92. The highest BCUT2D eigenvalue weighted by Crippen LogP contribution is 2.22. The van der Waals surface area contributed by atoms with Crippen LogP contribution in [-0.2, 0) is 0 Å². The number of aliphatic hydroxyl groups is 1. The lowest BCUT2D eigenvalue weighted by Gasteiger charge is -2.28. The van der Waals surface area contributed by atoms with Gasteiger partial charge in [0.05, 0.1) is 17.8 Å². The summed E-state index contributed by atoms with van der Waals surface area (Å²) in [4.78, 5) is 12.7. The number of carbonyl (C=O) groups excluding carboxylic acids is 1. The fourth-order valence-electron chi connectivity index (χ4n) is 2.25. The van der Waals surface area contributed by atoms with Crippen molar-refractivity contribution >= 4 is 17.4 Å². The molecule has 100 valence electrons. The summed E-state index contributed by atoms with van der Waals surface area (Å²) in [5, 5.41) is 16.8. The maximum atomic E-state index is 12.2. The van der Waals surface area contributed by atoms with Crippen LogP contribution in [-0.4, -0.2) is 32.7 Å². The second-order valence-corrected chi connectivity index (χ2v) is 5.83. The number of rotatable bonds is 3. The summed E-state index contributed by atoms with van der Waals surface area (Å²) in [7, 11) is 0. The molecular formula is C12H19N3O2S.